The molecule has 13 aromatic carbocycles. The summed E-state index contributed by atoms with van der Waals surface area (Å²) >= 11 is 0. The highest BCUT2D eigenvalue weighted by atomic mass is 14.5. The summed E-state index contributed by atoms with van der Waals surface area (Å²) in [7, 11) is 0. The molecule has 0 heteroatoms. The van der Waals surface area contributed by atoms with Crippen LogP contribution in [0.3, 0.4) is 0 Å². The minimum Gasteiger partial charge on any atom is -0.0757 e. The van der Waals surface area contributed by atoms with Gasteiger partial charge in [-0.15, -0.1) is 0 Å². The van der Waals surface area contributed by atoms with Crippen LogP contribution in [-0.2, 0) is 0 Å². The Kier molecular flexibility index (Phi) is 1.67. The van der Waals surface area contributed by atoms with Crippen LogP contribution in [0.5, 0.6) is 0 Å². The van der Waals surface area contributed by atoms with Gasteiger partial charge in [0, 0.05) is 11.8 Å². The molecular formula is C40H12. The maximum atomic E-state index is 2.57. The fourth-order valence-electron chi connectivity index (χ4n) is 12.0. The maximum Gasteiger partial charge on any atom is 0.0285 e. The van der Waals surface area contributed by atoms with Crippen LogP contribution in [-0.4, -0.2) is 0 Å². The van der Waals surface area contributed by atoms with Gasteiger partial charge in [0.1, 0.15) is 0 Å². The predicted molar refractivity (Wildman–Crippen MR) is 170 cm³/mol. The molecule has 40 heavy (non-hydrogen) atoms. The number of fused-ring (bicyclic) bond motifs is 5. The van der Waals surface area contributed by atoms with Crippen LogP contribution in [0.4, 0.5) is 0 Å². The van der Waals surface area contributed by atoms with Crippen molar-refractivity contribution in [1.29, 1.82) is 0 Å². The standard InChI is InChI=1S/C40H12/c1-2-12-14-5-6-16-18-9-10-20-19-8-7-17-15-4-3-13-11(1)21-22(12)32-24(14)26(16)34-29(18)30(20)35-28(19)27(17)33-25(15)23(13)31(21)36-37(32)39(34)40(35)38(33)36/h1-12H. The summed E-state index contributed by atoms with van der Waals surface area (Å²) in [4.78, 5) is 0. The van der Waals surface area contributed by atoms with Crippen molar-refractivity contribution in [3.63, 3.8) is 0 Å². The fraction of sp³-hybridized carbons (Fsp3) is 0.0500. The molecule has 0 bridgehead atoms. The van der Waals surface area contributed by atoms with Crippen LogP contribution in [0.25, 0.3) is 129 Å². The Morgan fingerprint density at radius 1 is 0.250 bits per heavy atom. The number of hydrogen-bond donors (Lipinski definition) is 0. The van der Waals surface area contributed by atoms with Gasteiger partial charge in [-0.05, 0) is 152 Å². The van der Waals surface area contributed by atoms with Gasteiger partial charge < -0.3 is 0 Å². The normalized spacial score (nSPS) is 20.4. The Morgan fingerprint density at radius 3 is 0.900 bits per heavy atom. The van der Waals surface area contributed by atoms with Crippen molar-refractivity contribution in [1.82, 2.24) is 0 Å². The molecule has 2 unspecified atom stereocenters. The lowest BCUT2D eigenvalue weighted by Gasteiger charge is -2.23. The maximum absolute atomic E-state index is 2.57. The van der Waals surface area contributed by atoms with Crippen molar-refractivity contribution < 1.29 is 0 Å². The second-order valence-corrected chi connectivity index (χ2v) is 13.6. The van der Waals surface area contributed by atoms with Gasteiger partial charge in [-0.2, -0.15) is 0 Å². The SMILES string of the molecule is C1=CC2c3ccc4c5ccc6c7ccc8c9ccc%10c%11c%12c(c2c2c3c4c3c5c6c4c7c8c(c9%11)c5c%12c2c3c45)C1%10. The van der Waals surface area contributed by atoms with Gasteiger partial charge >= 0.3 is 0 Å². The molecule has 0 aliphatic heterocycles. The fourth-order valence-corrected chi connectivity index (χ4v) is 12.0. The molecule has 13 aromatic rings. The molecule has 2 atom stereocenters. The topological polar surface area (TPSA) is 0 Å². The Morgan fingerprint density at radius 2 is 0.525 bits per heavy atom. The Labute approximate surface area is 223 Å². The average molecular weight is 493 g/mol. The highest BCUT2D eigenvalue weighted by molar-refractivity contribution is 6.66. The van der Waals surface area contributed by atoms with Crippen LogP contribution in [0.2, 0.25) is 0 Å². The number of benzene rings is 9. The Hall–Kier alpha value is -4.94. The van der Waals surface area contributed by atoms with Gasteiger partial charge in [0.2, 0.25) is 0 Å². The summed E-state index contributed by atoms with van der Waals surface area (Å²) in [6.07, 6.45) is 5.14. The highest BCUT2D eigenvalue weighted by Crippen LogP contribution is 2.69. The van der Waals surface area contributed by atoms with Crippen molar-refractivity contribution in [2.24, 2.45) is 0 Å². The molecule has 3 aliphatic rings. The van der Waals surface area contributed by atoms with E-state index in [1.54, 1.807) is 119 Å². The third-order valence-corrected chi connectivity index (χ3v) is 12.9. The molecule has 0 aromatic heterocycles. The zero-order valence-electron chi connectivity index (χ0n) is 20.9. The van der Waals surface area contributed by atoms with Gasteiger partial charge in [-0.1, -0.05) is 60.7 Å². The number of hydrogen-bond acceptors (Lipinski definition) is 0. The van der Waals surface area contributed by atoms with Crippen LogP contribution < -0.4 is 0 Å². The van der Waals surface area contributed by atoms with E-state index in [9.17, 15) is 0 Å². The molecule has 0 spiro atoms. The van der Waals surface area contributed by atoms with E-state index < -0.39 is 0 Å². The second kappa shape index (κ2) is 4.12. The van der Waals surface area contributed by atoms with Crippen molar-refractivity contribution in [2.75, 3.05) is 0 Å². The third-order valence-electron chi connectivity index (χ3n) is 12.9. The van der Waals surface area contributed by atoms with Gasteiger partial charge in [0.15, 0.2) is 0 Å². The van der Waals surface area contributed by atoms with Crippen LogP contribution in [0.1, 0.15) is 34.1 Å². The van der Waals surface area contributed by atoms with Crippen molar-refractivity contribution in [3.8, 4) is 0 Å². The first-order valence-electron chi connectivity index (χ1n) is 14.8. The summed E-state index contributed by atoms with van der Waals surface area (Å²) in [5.41, 5.74) is 6.40. The van der Waals surface area contributed by atoms with Gasteiger partial charge in [-0.25, -0.2) is 0 Å². The van der Waals surface area contributed by atoms with Gasteiger partial charge in [0.25, 0.3) is 0 Å². The largest absolute Gasteiger partial charge is 0.0757 e. The molecule has 16 rings (SSSR count). The lowest BCUT2D eigenvalue weighted by atomic mass is 9.79. The molecule has 172 valence electrons. The molecule has 0 fully saturated rings. The summed E-state index contributed by atoms with van der Waals surface area (Å²) in [6.45, 7) is 0. The summed E-state index contributed by atoms with van der Waals surface area (Å²) in [5, 5.41) is 37.2. The minimum absolute atomic E-state index is 0.387. The van der Waals surface area contributed by atoms with Crippen molar-refractivity contribution in [2.45, 2.75) is 11.8 Å². The van der Waals surface area contributed by atoms with Crippen LogP contribution in [0, 0.1) is 0 Å². The van der Waals surface area contributed by atoms with Crippen molar-refractivity contribution in [3.05, 3.63) is 82.9 Å². The molecule has 0 heterocycles. The van der Waals surface area contributed by atoms with Crippen molar-refractivity contribution >= 4 is 129 Å². The zero-order chi connectivity index (χ0) is 24.4. The Balaban J connectivity index is 1.54. The first-order valence-corrected chi connectivity index (χ1v) is 14.8. The molecular weight excluding hydrogens is 480 g/mol. The van der Waals surface area contributed by atoms with Crippen LogP contribution in [0.15, 0.2) is 60.7 Å². The quantitative estimate of drug-likeness (QED) is 0.146. The van der Waals surface area contributed by atoms with Gasteiger partial charge in [-0.3, -0.25) is 0 Å². The second-order valence-electron chi connectivity index (χ2n) is 13.6. The number of allylic oxidation sites excluding steroid dienone is 2. The summed E-state index contributed by atoms with van der Waals surface area (Å²) < 4.78 is 0. The van der Waals surface area contributed by atoms with E-state index in [0.717, 1.165) is 0 Å². The van der Waals surface area contributed by atoms with E-state index in [-0.39, 0.29) is 0 Å². The van der Waals surface area contributed by atoms with E-state index in [2.05, 4.69) is 60.7 Å². The first kappa shape index (κ1) is 16.2. The number of rotatable bonds is 0. The lowest BCUT2D eigenvalue weighted by Crippen LogP contribution is -2.07. The molecule has 0 N–H and O–H groups in total. The molecule has 0 nitrogen and oxygen atoms in total. The third kappa shape index (κ3) is 1.05. The van der Waals surface area contributed by atoms with Crippen LogP contribution >= 0.6 is 0 Å². The van der Waals surface area contributed by atoms with Gasteiger partial charge in [0.05, 0.1) is 0 Å². The van der Waals surface area contributed by atoms with E-state index >= 15 is 0 Å². The molecule has 0 amide bonds. The smallest absolute Gasteiger partial charge is 0.0285 e. The molecule has 0 saturated heterocycles. The van der Waals surface area contributed by atoms with E-state index in [1.807, 2.05) is 0 Å². The van der Waals surface area contributed by atoms with E-state index in [0.29, 0.717) is 11.8 Å². The predicted octanol–water partition coefficient (Wildman–Crippen LogP) is 10.9. The minimum atomic E-state index is 0.387. The monoisotopic (exact) mass is 492 g/mol. The summed E-state index contributed by atoms with van der Waals surface area (Å²) in [5.74, 6) is 0.774. The lowest BCUT2D eigenvalue weighted by molar-refractivity contribution is 0.938. The average Bonchev–Trinajstić information content (AvgIpc) is 3.79. The molecule has 0 radical (unpaired) electrons. The molecule has 0 saturated carbocycles. The Bertz CT molecular complexity index is 3180. The highest BCUT2D eigenvalue weighted by Gasteiger charge is 2.44. The zero-order valence-corrected chi connectivity index (χ0v) is 20.9. The van der Waals surface area contributed by atoms with E-state index in [1.165, 1.54) is 32.3 Å². The summed E-state index contributed by atoms with van der Waals surface area (Å²) in [6, 6.07) is 19.8. The first-order chi connectivity index (χ1) is 19.9. The molecule has 3 aliphatic carbocycles. The van der Waals surface area contributed by atoms with E-state index in [4.69, 9.17) is 0 Å².